The van der Waals surface area contributed by atoms with Crippen LogP contribution in [-0.2, 0) is 10.0 Å². The molecule has 0 N–H and O–H groups in total. The van der Waals surface area contributed by atoms with Crippen molar-refractivity contribution in [3.63, 3.8) is 0 Å². The fourth-order valence-electron chi connectivity index (χ4n) is 3.57. The van der Waals surface area contributed by atoms with E-state index in [2.05, 4.69) is 28.7 Å². The molecule has 0 aliphatic carbocycles. The Morgan fingerprint density at radius 3 is 2.29 bits per heavy atom. The first-order valence-electron chi connectivity index (χ1n) is 9.16. The van der Waals surface area contributed by atoms with Crippen molar-refractivity contribution in [1.82, 2.24) is 14.3 Å². The molecular weight excluding hydrogens is 419 g/mol. The summed E-state index contributed by atoms with van der Waals surface area (Å²) in [6.45, 7) is 9.91. The zero-order valence-electron chi connectivity index (χ0n) is 16.4. The van der Waals surface area contributed by atoms with Crippen molar-refractivity contribution >= 4 is 39.0 Å². The van der Waals surface area contributed by atoms with Gasteiger partial charge in [-0.15, -0.1) is 0 Å². The van der Waals surface area contributed by atoms with Crippen LogP contribution >= 0.6 is 23.2 Å². The molecule has 0 bridgehead atoms. The van der Waals surface area contributed by atoms with Crippen LogP contribution in [0.25, 0.3) is 0 Å². The minimum atomic E-state index is -3.71. The van der Waals surface area contributed by atoms with E-state index in [-0.39, 0.29) is 15.8 Å². The van der Waals surface area contributed by atoms with Gasteiger partial charge in [-0.2, -0.15) is 4.31 Å². The van der Waals surface area contributed by atoms with Crippen molar-refractivity contribution in [3.8, 4) is 0 Å². The number of nitrogens with zero attached hydrogens (tertiary/aromatic N) is 4. The number of aromatic nitrogens is 2. The van der Waals surface area contributed by atoms with Crippen molar-refractivity contribution in [2.24, 2.45) is 0 Å². The standard InChI is InChI=1S/C19H24Cl2N4O2S/c1-12(2)18-13(3)22-14(4)23-19(18)24-7-9-25(10-8-24)28(26,27)17-11-15(20)5-6-16(17)21/h5-6,11-12H,7-10H2,1-4H3. The minimum absolute atomic E-state index is 0.0479. The lowest BCUT2D eigenvalue weighted by molar-refractivity contribution is 0.383. The Bertz CT molecular complexity index is 988. The fraction of sp³-hybridized carbons (Fsp3) is 0.474. The molecule has 1 aromatic heterocycles. The number of hydrogen-bond donors (Lipinski definition) is 0. The third kappa shape index (κ3) is 4.13. The van der Waals surface area contributed by atoms with E-state index in [1.165, 1.54) is 16.4 Å². The second-order valence-electron chi connectivity index (χ2n) is 7.21. The lowest BCUT2D eigenvalue weighted by Crippen LogP contribution is -2.49. The number of sulfonamides is 1. The summed E-state index contributed by atoms with van der Waals surface area (Å²) in [5.41, 5.74) is 2.08. The summed E-state index contributed by atoms with van der Waals surface area (Å²) in [4.78, 5) is 11.3. The van der Waals surface area contributed by atoms with Crippen LogP contribution in [0.5, 0.6) is 0 Å². The Morgan fingerprint density at radius 2 is 1.68 bits per heavy atom. The van der Waals surface area contributed by atoms with Crippen LogP contribution in [0, 0.1) is 13.8 Å². The van der Waals surface area contributed by atoms with Crippen molar-refractivity contribution in [1.29, 1.82) is 0 Å². The number of piperazine rings is 1. The molecule has 1 aromatic carbocycles. The summed E-state index contributed by atoms with van der Waals surface area (Å²) in [6.07, 6.45) is 0. The second kappa shape index (κ2) is 8.14. The van der Waals surface area contributed by atoms with Gasteiger partial charge in [0.05, 0.1) is 5.02 Å². The molecule has 0 amide bonds. The van der Waals surface area contributed by atoms with Gasteiger partial charge in [-0.25, -0.2) is 18.4 Å². The first kappa shape index (κ1) is 21.3. The van der Waals surface area contributed by atoms with Crippen molar-refractivity contribution in [2.75, 3.05) is 31.1 Å². The molecule has 3 rings (SSSR count). The van der Waals surface area contributed by atoms with Crippen molar-refractivity contribution in [3.05, 3.63) is 45.3 Å². The lowest BCUT2D eigenvalue weighted by atomic mass is 10.0. The molecule has 28 heavy (non-hydrogen) atoms. The van der Waals surface area contributed by atoms with E-state index < -0.39 is 10.0 Å². The minimum Gasteiger partial charge on any atom is -0.354 e. The average molecular weight is 443 g/mol. The lowest BCUT2D eigenvalue weighted by Gasteiger charge is -2.36. The Labute approximate surface area is 176 Å². The van der Waals surface area contributed by atoms with Gasteiger partial charge in [0.1, 0.15) is 16.5 Å². The van der Waals surface area contributed by atoms with Crippen LogP contribution in [0.4, 0.5) is 5.82 Å². The predicted molar refractivity (Wildman–Crippen MR) is 113 cm³/mol. The van der Waals surface area contributed by atoms with Crippen LogP contribution in [-0.4, -0.2) is 48.9 Å². The molecule has 9 heteroatoms. The monoisotopic (exact) mass is 442 g/mol. The summed E-state index contributed by atoms with van der Waals surface area (Å²) in [7, 11) is -3.71. The van der Waals surface area contributed by atoms with Gasteiger partial charge >= 0.3 is 0 Å². The molecule has 0 radical (unpaired) electrons. The van der Waals surface area contributed by atoms with Gasteiger partial charge in [-0.3, -0.25) is 0 Å². The summed E-state index contributed by atoms with van der Waals surface area (Å²) >= 11 is 12.1. The predicted octanol–water partition coefficient (Wildman–Crippen LogP) is 4.03. The number of hydrogen-bond acceptors (Lipinski definition) is 5. The topological polar surface area (TPSA) is 66.4 Å². The molecule has 0 atom stereocenters. The first-order chi connectivity index (χ1) is 13.1. The SMILES string of the molecule is Cc1nc(C)c(C(C)C)c(N2CCN(S(=O)(=O)c3cc(Cl)ccc3Cl)CC2)n1. The molecule has 1 fully saturated rings. The fourth-order valence-corrected chi connectivity index (χ4v) is 5.73. The van der Waals surface area contributed by atoms with Gasteiger partial charge < -0.3 is 4.90 Å². The third-order valence-corrected chi connectivity index (χ3v) is 7.47. The number of benzene rings is 1. The number of anilines is 1. The summed E-state index contributed by atoms with van der Waals surface area (Å²) < 4.78 is 27.5. The van der Waals surface area contributed by atoms with Crippen LogP contribution in [0.3, 0.4) is 0 Å². The highest BCUT2D eigenvalue weighted by atomic mass is 35.5. The van der Waals surface area contributed by atoms with Gasteiger partial charge in [0, 0.05) is 42.5 Å². The van der Waals surface area contributed by atoms with E-state index in [1.54, 1.807) is 6.07 Å². The highest BCUT2D eigenvalue weighted by Gasteiger charge is 2.32. The second-order valence-corrected chi connectivity index (χ2v) is 9.96. The molecule has 2 aromatic rings. The maximum atomic E-state index is 13.0. The molecule has 2 heterocycles. The van der Waals surface area contributed by atoms with E-state index in [4.69, 9.17) is 23.2 Å². The Morgan fingerprint density at radius 1 is 1.04 bits per heavy atom. The molecule has 0 unspecified atom stereocenters. The van der Waals surface area contributed by atoms with Crippen LogP contribution < -0.4 is 4.90 Å². The largest absolute Gasteiger partial charge is 0.354 e. The summed E-state index contributed by atoms with van der Waals surface area (Å²) in [6, 6.07) is 4.49. The number of halogens is 2. The highest BCUT2D eigenvalue weighted by Crippen LogP contribution is 2.31. The van der Waals surface area contributed by atoms with E-state index in [9.17, 15) is 8.42 Å². The van der Waals surface area contributed by atoms with E-state index in [0.29, 0.717) is 31.2 Å². The van der Waals surface area contributed by atoms with Crippen molar-refractivity contribution < 1.29 is 8.42 Å². The Balaban J connectivity index is 1.85. The Hall–Kier alpha value is -1.41. The third-order valence-electron chi connectivity index (χ3n) is 4.85. The van der Waals surface area contributed by atoms with Crippen molar-refractivity contribution in [2.45, 2.75) is 38.5 Å². The molecule has 152 valence electrons. The van der Waals surface area contributed by atoms with Gasteiger partial charge in [-0.05, 0) is 38.0 Å². The van der Waals surface area contributed by atoms with Crippen LogP contribution in [0.15, 0.2) is 23.1 Å². The van der Waals surface area contributed by atoms with Gasteiger partial charge in [0.2, 0.25) is 10.0 Å². The summed E-state index contributed by atoms with van der Waals surface area (Å²) in [5, 5.41) is 0.520. The summed E-state index contributed by atoms with van der Waals surface area (Å²) in [5.74, 6) is 1.90. The molecular formula is C19H24Cl2N4O2S. The zero-order chi connectivity index (χ0) is 20.6. The molecule has 1 aliphatic rings. The smallest absolute Gasteiger partial charge is 0.244 e. The molecule has 1 aliphatic heterocycles. The normalized spacial score (nSPS) is 16.0. The highest BCUT2D eigenvalue weighted by molar-refractivity contribution is 7.89. The first-order valence-corrected chi connectivity index (χ1v) is 11.4. The maximum absolute atomic E-state index is 13.0. The maximum Gasteiger partial charge on any atom is 0.244 e. The molecule has 0 saturated carbocycles. The van der Waals surface area contributed by atoms with Gasteiger partial charge in [-0.1, -0.05) is 37.0 Å². The number of rotatable bonds is 4. The van der Waals surface area contributed by atoms with Gasteiger partial charge in [0.15, 0.2) is 0 Å². The average Bonchev–Trinajstić information content (AvgIpc) is 2.62. The van der Waals surface area contributed by atoms with Crippen LogP contribution in [0.2, 0.25) is 10.0 Å². The zero-order valence-corrected chi connectivity index (χ0v) is 18.7. The Kier molecular flexibility index (Phi) is 6.20. The molecule has 0 spiro atoms. The van der Waals surface area contributed by atoms with Gasteiger partial charge in [0.25, 0.3) is 0 Å². The molecule has 1 saturated heterocycles. The van der Waals surface area contributed by atoms with Crippen LogP contribution in [0.1, 0.15) is 36.8 Å². The molecule has 6 nitrogen and oxygen atoms in total. The quantitative estimate of drug-likeness (QED) is 0.714. The van der Waals surface area contributed by atoms with E-state index in [1.807, 2.05) is 13.8 Å². The van der Waals surface area contributed by atoms with E-state index >= 15 is 0 Å². The number of aryl methyl sites for hydroxylation is 2. The van der Waals surface area contributed by atoms with E-state index in [0.717, 1.165) is 22.9 Å².